The van der Waals surface area contributed by atoms with Gasteiger partial charge in [0.2, 0.25) is 0 Å². The summed E-state index contributed by atoms with van der Waals surface area (Å²) < 4.78 is 11.7. The van der Waals surface area contributed by atoms with E-state index >= 15 is 0 Å². The van der Waals surface area contributed by atoms with Gasteiger partial charge in [-0.25, -0.2) is 4.57 Å². The molecular formula is C37H25N2O+. The Morgan fingerprint density at radius 1 is 0.575 bits per heavy atom. The molecular weight excluding hydrogens is 488 g/mol. The van der Waals surface area contributed by atoms with Gasteiger partial charge in [0.1, 0.15) is 16.5 Å². The van der Waals surface area contributed by atoms with E-state index < -0.39 is 0 Å². The number of para-hydroxylation sites is 2. The van der Waals surface area contributed by atoms with Crippen molar-refractivity contribution in [3.8, 4) is 0 Å². The molecule has 0 saturated carbocycles. The molecule has 6 aromatic carbocycles. The number of fused-ring (bicyclic) bond motifs is 12. The molecule has 6 bridgehead atoms. The highest BCUT2D eigenvalue weighted by Gasteiger charge is 2.23. The van der Waals surface area contributed by atoms with Crippen molar-refractivity contribution in [1.82, 2.24) is 4.40 Å². The van der Waals surface area contributed by atoms with E-state index in [-0.39, 0.29) is 0 Å². The third-order valence-electron chi connectivity index (χ3n) is 8.71. The van der Waals surface area contributed by atoms with Gasteiger partial charge in [-0.3, -0.25) is 0 Å². The van der Waals surface area contributed by atoms with Crippen molar-refractivity contribution >= 4 is 81.8 Å². The molecule has 9 aromatic rings. The van der Waals surface area contributed by atoms with Gasteiger partial charge < -0.3 is 4.42 Å². The molecule has 0 atom stereocenters. The van der Waals surface area contributed by atoms with Crippen LogP contribution in [0.15, 0.2) is 120 Å². The van der Waals surface area contributed by atoms with Gasteiger partial charge in [-0.1, -0.05) is 78.9 Å². The Morgan fingerprint density at radius 2 is 1.27 bits per heavy atom. The van der Waals surface area contributed by atoms with Crippen molar-refractivity contribution in [2.45, 2.75) is 6.92 Å². The maximum absolute atomic E-state index is 7.02. The summed E-state index contributed by atoms with van der Waals surface area (Å²) in [5.74, 6) is 0. The first kappa shape index (κ1) is 21.7. The van der Waals surface area contributed by atoms with E-state index in [4.69, 9.17) is 4.42 Å². The molecule has 188 valence electrons. The smallest absolute Gasteiger partial charge is 0.298 e. The second-order valence-electron chi connectivity index (χ2n) is 10.9. The number of aryl methyl sites for hydroxylation is 2. The fourth-order valence-corrected chi connectivity index (χ4v) is 6.83. The fraction of sp³-hybridized carbons (Fsp3) is 0.0541. The zero-order chi connectivity index (χ0) is 26.5. The van der Waals surface area contributed by atoms with Crippen LogP contribution in [0.2, 0.25) is 0 Å². The van der Waals surface area contributed by atoms with Crippen LogP contribution in [0.5, 0.6) is 0 Å². The van der Waals surface area contributed by atoms with E-state index in [0.717, 1.165) is 43.9 Å². The summed E-state index contributed by atoms with van der Waals surface area (Å²) in [6.45, 7) is 2.19. The Bertz CT molecular complexity index is 2570. The molecule has 40 heavy (non-hydrogen) atoms. The number of imidazole rings is 1. The Labute approximate surface area is 229 Å². The number of hydrogen-bond donors (Lipinski definition) is 0. The molecule has 3 nitrogen and oxygen atoms in total. The maximum Gasteiger partial charge on any atom is 0.298 e. The lowest BCUT2D eigenvalue weighted by Gasteiger charge is -2.04. The average Bonchev–Trinajstić information content (AvgIpc) is 3.52. The minimum atomic E-state index is 0.930. The van der Waals surface area contributed by atoms with Gasteiger partial charge in [0.05, 0.1) is 7.05 Å². The van der Waals surface area contributed by atoms with Gasteiger partial charge in [-0.15, -0.1) is 0 Å². The van der Waals surface area contributed by atoms with Crippen LogP contribution in [0.1, 0.15) is 5.56 Å². The molecule has 0 radical (unpaired) electrons. The zero-order valence-electron chi connectivity index (χ0n) is 22.3. The predicted molar refractivity (Wildman–Crippen MR) is 167 cm³/mol. The minimum Gasteiger partial charge on any atom is -0.454 e. The van der Waals surface area contributed by atoms with Gasteiger partial charge in [-0.2, -0.15) is 4.40 Å². The highest BCUT2D eigenvalue weighted by molar-refractivity contribution is 6.25. The van der Waals surface area contributed by atoms with Crippen molar-refractivity contribution in [2.24, 2.45) is 7.05 Å². The molecule has 9 rings (SSSR count). The molecule has 0 unspecified atom stereocenters. The molecule has 0 aliphatic rings. The number of hydrogen-bond acceptors (Lipinski definition) is 1. The fourth-order valence-electron chi connectivity index (χ4n) is 6.83. The number of benzene rings is 6. The van der Waals surface area contributed by atoms with Crippen LogP contribution >= 0.6 is 0 Å². The molecule has 0 amide bonds. The normalized spacial score (nSPS) is 12.2. The molecule has 0 N–H and O–H groups in total. The standard InChI is InChI=1S/C37H25N2O/c1-22-16-18-29-30-19-17-23-8-7-13-28-26-11-5-9-24(20-26)25-10-6-12-27(21-25)39-32-15-4-3-14-31(32)38(2)37(39)33(22)35(29)40-36(30)34(23)28/h3-21H,1-2H3/q+1. The van der Waals surface area contributed by atoms with Crippen molar-refractivity contribution in [3.63, 3.8) is 0 Å². The van der Waals surface area contributed by atoms with Crippen LogP contribution in [0.3, 0.4) is 0 Å². The van der Waals surface area contributed by atoms with Gasteiger partial charge in [0, 0.05) is 16.2 Å². The Balaban J connectivity index is 1.73. The molecule has 3 heteroatoms. The third kappa shape index (κ3) is 2.76. The summed E-state index contributed by atoms with van der Waals surface area (Å²) >= 11 is 0. The van der Waals surface area contributed by atoms with Gasteiger partial charge in [0.15, 0.2) is 16.6 Å². The molecule has 3 aromatic heterocycles. The van der Waals surface area contributed by atoms with Crippen LogP contribution in [0.25, 0.3) is 81.8 Å². The van der Waals surface area contributed by atoms with Crippen LogP contribution in [-0.2, 0) is 7.05 Å². The monoisotopic (exact) mass is 513 g/mol. The van der Waals surface area contributed by atoms with Gasteiger partial charge >= 0.3 is 0 Å². The van der Waals surface area contributed by atoms with Crippen molar-refractivity contribution < 1.29 is 8.98 Å². The Hall–Kier alpha value is -5.15. The number of rotatable bonds is 0. The highest BCUT2D eigenvalue weighted by Crippen LogP contribution is 2.40. The summed E-state index contributed by atoms with van der Waals surface area (Å²) in [6, 6.07) is 41.9. The quantitative estimate of drug-likeness (QED) is 0.185. The highest BCUT2D eigenvalue weighted by atomic mass is 16.3. The first-order valence-corrected chi connectivity index (χ1v) is 13.8. The summed E-state index contributed by atoms with van der Waals surface area (Å²) in [7, 11) is 2.17. The van der Waals surface area contributed by atoms with Crippen LogP contribution < -0.4 is 4.57 Å². The second-order valence-corrected chi connectivity index (χ2v) is 10.9. The number of furan rings is 1. The first-order valence-electron chi connectivity index (χ1n) is 13.8. The molecule has 3 heterocycles. The zero-order valence-corrected chi connectivity index (χ0v) is 22.3. The predicted octanol–water partition coefficient (Wildman–Crippen LogP) is 9.30. The lowest BCUT2D eigenvalue weighted by atomic mass is 9.99. The number of aromatic nitrogens is 2. The lowest BCUT2D eigenvalue weighted by Crippen LogP contribution is -2.27. The van der Waals surface area contributed by atoms with Crippen LogP contribution in [-0.4, -0.2) is 4.40 Å². The molecule has 0 aliphatic heterocycles. The van der Waals surface area contributed by atoms with E-state index in [0.29, 0.717) is 0 Å². The maximum atomic E-state index is 7.02. The lowest BCUT2D eigenvalue weighted by molar-refractivity contribution is -0.617. The SMILES string of the molecule is Cc1ccc2c3ccc4cccc5c6cccc(c6)c6cccc(c6)n6c7ccccc7[n+](C)c6c1c2oc3c45. The van der Waals surface area contributed by atoms with Gasteiger partial charge in [0.25, 0.3) is 5.65 Å². The Morgan fingerprint density at radius 3 is 2.17 bits per heavy atom. The minimum absolute atomic E-state index is 0.930. The second kappa shape index (κ2) is 7.71. The molecule has 0 saturated heterocycles. The molecule has 0 spiro atoms. The third-order valence-corrected chi connectivity index (χ3v) is 8.71. The van der Waals surface area contributed by atoms with Crippen LogP contribution in [0, 0.1) is 6.92 Å². The topological polar surface area (TPSA) is 21.4 Å². The molecule has 0 fully saturated rings. The van der Waals surface area contributed by atoms with E-state index in [1.165, 1.54) is 43.5 Å². The summed E-state index contributed by atoms with van der Waals surface area (Å²) in [5.41, 5.74) is 7.63. The van der Waals surface area contributed by atoms with Crippen molar-refractivity contribution in [3.05, 3.63) is 121 Å². The summed E-state index contributed by atoms with van der Waals surface area (Å²) in [5, 5.41) is 10.5. The first-order chi connectivity index (χ1) is 19.7. The van der Waals surface area contributed by atoms with E-state index in [9.17, 15) is 0 Å². The Kier molecular flexibility index (Phi) is 4.19. The average molecular weight is 514 g/mol. The van der Waals surface area contributed by atoms with Crippen molar-refractivity contribution in [2.75, 3.05) is 0 Å². The number of nitrogens with zero attached hydrogens (tertiary/aromatic N) is 2. The van der Waals surface area contributed by atoms with Gasteiger partial charge in [-0.05, 0) is 75.8 Å². The largest absolute Gasteiger partial charge is 0.454 e. The van der Waals surface area contributed by atoms with E-state index in [1.807, 2.05) is 0 Å². The van der Waals surface area contributed by atoms with E-state index in [2.05, 4.69) is 138 Å². The van der Waals surface area contributed by atoms with Crippen LogP contribution in [0.4, 0.5) is 0 Å². The summed E-state index contributed by atoms with van der Waals surface area (Å²) in [4.78, 5) is 0. The van der Waals surface area contributed by atoms with E-state index in [1.54, 1.807) is 0 Å². The summed E-state index contributed by atoms with van der Waals surface area (Å²) in [6.07, 6.45) is 0. The van der Waals surface area contributed by atoms with Crippen molar-refractivity contribution in [1.29, 1.82) is 0 Å². The molecule has 0 aliphatic carbocycles.